The maximum Gasteiger partial charge on any atom is 0.0170 e. The van der Waals surface area contributed by atoms with Gasteiger partial charge in [0, 0.05) is 17.8 Å². The van der Waals surface area contributed by atoms with Gasteiger partial charge in [0.05, 0.1) is 0 Å². The van der Waals surface area contributed by atoms with E-state index in [1.807, 2.05) is 0 Å². The molecule has 10 aromatic rings. The quantitative estimate of drug-likeness (QED) is 0.150. The van der Waals surface area contributed by atoms with E-state index in [-0.39, 0.29) is 17.8 Å². The SMILES string of the molecule is c1ccc(C2c3ccc(-c4cccc(-c5c6ccccc6c(-c6ccc7ccccc7c6)c6ccccc56)c4)cc3C(c3ccccc3)C2c2ccccc2)cc1. The number of hydrogen-bond acceptors (Lipinski definition) is 0. The minimum absolute atomic E-state index is 0.215. The van der Waals surface area contributed by atoms with Crippen molar-refractivity contribution in [3.8, 4) is 33.4 Å². The zero-order valence-corrected chi connectivity index (χ0v) is 31.6. The third-order valence-electron chi connectivity index (χ3n) is 12.4. The average Bonchev–Trinajstić information content (AvgIpc) is 3.63. The highest BCUT2D eigenvalue weighted by molar-refractivity contribution is 6.21. The molecule has 0 heteroatoms. The molecule has 3 atom stereocenters. The maximum absolute atomic E-state index is 2.50. The van der Waals surface area contributed by atoms with Crippen molar-refractivity contribution in [1.82, 2.24) is 0 Å². The molecule has 0 amide bonds. The standard InChI is InChI=1S/C57H40/c1-4-18-39(19-5-1)55-51-34-33-44(37-52(51)56(40-20-6-2-7-21-40)57(55)41-22-8-3-9-23-41)43-25-16-26-45(36-43)53-47-27-12-14-29-49(47)54(50-30-15-13-28-48(50)53)46-32-31-38-17-10-11-24-42(38)35-46/h1-37,55-57H. The van der Waals surface area contributed by atoms with Crippen LogP contribution in [0.4, 0.5) is 0 Å². The van der Waals surface area contributed by atoms with Crippen LogP contribution in [-0.4, -0.2) is 0 Å². The Bertz CT molecular complexity index is 3010. The van der Waals surface area contributed by atoms with Crippen LogP contribution in [-0.2, 0) is 0 Å². The second kappa shape index (κ2) is 13.9. The van der Waals surface area contributed by atoms with E-state index >= 15 is 0 Å². The zero-order valence-electron chi connectivity index (χ0n) is 31.6. The summed E-state index contributed by atoms with van der Waals surface area (Å²) in [4.78, 5) is 0. The van der Waals surface area contributed by atoms with Crippen LogP contribution in [0.15, 0.2) is 224 Å². The summed E-state index contributed by atoms with van der Waals surface area (Å²) in [5.74, 6) is 0.729. The van der Waals surface area contributed by atoms with Crippen molar-refractivity contribution in [3.05, 3.63) is 252 Å². The average molecular weight is 725 g/mol. The van der Waals surface area contributed by atoms with Crippen LogP contribution < -0.4 is 0 Å². The predicted molar refractivity (Wildman–Crippen MR) is 241 cm³/mol. The lowest BCUT2D eigenvalue weighted by Crippen LogP contribution is -2.13. The first-order valence-electron chi connectivity index (χ1n) is 20.1. The Morgan fingerprint density at radius 3 is 1.28 bits per heavy atom. The monoisotopic (exact) mass is 724 g/mol. The Labute approximate surface area is 334 Å². The minimum atomic E-state index is 0.215. The highest BCUT2D eigenvalue weighted by atomic mass is 14.5. The fraction of sp³-hybridized carbons (Fsp3) is 0.0526. The lowest BCUT2D eigenvalue weighted by atomic mass is 9.75. The van der Waals surface area contributed by atoms with Gasteiger partial charge in [-0.15, -0.1) is 0 Å². The van der Waals surface area contributed by atoms with E-state index in [1.54, 1.807) is 0 Å². The van der Waals surface area contributed by atoms with Crippen molar-refractivity contribution < 1.29 is 0 Å². The summed E-state index contributed by atoms with van der Waals surface area (Å²) >= 11 is 0. The van der Waals surface area contributed by atoms with Gasteiger partial charge in [0.15, 0.2) is 0 Å². The molecule has 0 heterocycles. The van der Waals surface area contributed by atoms with Gasteiger partial charge < -0.3 is 0 Å². The molecule has 11 rings (SSSR count). The van der Waals surface area contributed by atoms with Crippen molar-refractivity contribution in [1.29, 1.82) is 0 Å². The van der Waals surface area contributed by atoms with Gasteiger partial charge in [0.2, 0.25) is 0 Å². The Morgan fingerprint density at radius 1 is 0.246 bits per heavy atom. The van der Waals surface area contributed by atoms with E-state index in [0.717, 1.165) is 0 Å². The molecule has 57 heavy (non-hydrogen) atoms. The molecule has 0 saturated carbocycles. The van der Waals surface area contributed by atoms with E-state index in [2.05, 4.69) is 224 Å². The summed E-state index contributed by atoms with van der Waals surface area (Å²) in [6.07, 6.45) is 0. The normalized spacial score (nSPS) is 16.2. The van der Waals surface area contributed by atoms with Crippen LogP contribution in [0.2, 0.25) is 0 Å². The van der Waals surface area contributed by atoms with Crippen molar-refractivity contribution >= 4 is 32.3 Å². The van der Waals surface area contributed by atoms with Gasteiger partial charge in [-0.1, -0.05) is 212 Å². The second-order valence-electron chi connectivity index (χ2n) is 15.5. The predicted octanol–water partition coefficient (Wildman–Crippen LogP) is 15.2. The topological polar surface area (TPSA) is 0 Å². The lowest BCUT2D eigenvalue weighted by Gasteiger charge is -2.27. The first kappa shape index (κ1) is 33.3. The molecule has 3 unspecified atom stereocenters. The van der Waals surface area contributed by atoms with Gasteiger partial charge in [-0.3, -0.25) is 0 Å². The third kappa shape index (κ3) is 5.68. The Kier molecular flexibility index (Phi) is 8.14. The van der Waals surface area contributed by atoms with Crippen LogP contribution in [0.3, 0.4) is 0 Å². The number of benzene rings is 10. The molecule has 0 aromatic heterocycles. The summed E-state index contributed by atoms with van der Waals surface area (Å²) in [5.41, 5.74) is 14.5. The van der Waals surface area contributed by atoms with E-state index in [4.69, 9.17) is 0 Å². The lowest BCUT2D eigenvalue weighted by molar-refractivity contribution is 0.596. The van der Waals surface area contributed by atoms with Crippen LogP contribution in [0.5, 0.6) is 0 Å². The fourth-order valence-corrected chi connectivity index (χ4v) is 9.99. The molecule has 0 saturated heterocycles. The molecule has 0 N–H and O–H groups in total. The fourth-order valence-electron chi connectivity index (χ4n) is 9.99. The molecule has 1 aliphatic carbocycles. The first-order valence-corrected chi connectivity index (χ1v) is 20.1. The molecule has 268 valence electrons. The molecule has 1 aliphatic rings. The number of hydrogen-bond donors (Lipinski definition) is 0. The Hall–Kier alpha value is -7.02. The molecule has 0 radical (unpaired) electrons. The number of fused-ring (bicyclic) bond motifs is 4. The summed E-state index contributed by atoms with van der Waals surface area (Å²) in [6, 6.07) is 83.5. The van der Waals surface area contributed by atoms with Crippen LogP contribution in [0.1, 0.15) is 45.6 Å². The van der Waals surface area contributed by atoms with Gasteiger partial charge in [-0.25, -0.2) is 0 Å². The second-order valence-corrected chi connectivity index (χ2v) is 15.5. The molecular formula is C57H40. The summed E-state index contributed by atoms with van der Waals surface area (Å²) in [5, 5.41) is 7.60. The Morgan fingerprint density at radius 2 is 0.684 bits per heavy atom. The molecule has 0 aliphatic heterocycles. The van der Waals surface area contributed by atoms with Crippen LogP contribution >= 0.6 is 0 Å². The molecule has 0 fully saturated rings. The highest BCUT2D eigenvalue weighted by Gasteiger charge is 2.43. The van der Waals surface area contributed by atoms with Gasteiger partial charge in [0.25, 0.3) is 0 Å². The third-order valence-corrected chi connectivity index (χ3v) is 12.4. The highest BCUT2D eigenvalue weighted by Crippen LogP contribution is 2.58. The van der Waals surface area contributed by atoms with Gasteiger partial charge >= 0.3 is 0 Å². The summed E-state index contributed by atoms with van der Waals surface area (Å²) < 4.78 is 0. The van der Waals surface area contributed by atoms with E-state index in [0.29, 0.717) is 0 Å². The number of rotatable bonds is 6. The zero-order chi connectivity index (χ0) is 37.7. The smallest absolute Gasteiger partial charge is 0.0170 e. The van der Waals surface area contributed by atoms with Gasteiger partial charge in [-0.05, 0) is 106 Å². The first-order chi connectivity index (χ1) is 28.3. The van der Waals surface area contributed by atoms with E-state index < -0.39 is 0 Å². The van der Waals surface area contributed by atoms with E-state index in [1.165, 1.54) is 93.5 Å². The van der Waals surface area contributed by atoms with E-state index in [9.17, 15) is 0 Å². The van der Waals surface area contributed by atoms with Crippen molar-refractivity contribution in [2.75, 3.05) is 0 Å². The van der Waals surface area contributed by atoms with Gasteiger partial charge in [0.1, 0.15) is 0 Å². The maximum atomic E-state index is 2.50. The summed E-state index contributed by atoms with van der Waals surface area (Å²) in [7, 11) is 0. The van der Waals surface area contributed by atoms with Crippen molar-refractivity contribution in [3.63, 3.8) is 0 Å². The van der Waals surface area contributed by atoms with Crippen LogP contribution in [0, 0.1) is 0 Å². The van der Waals surface area contributed by atoms with Crippen LogP contribution in [0.25, 0.3) is 65.7 Å². The minimum Gasteiger partial charge on any atom is -0.0622 e. The molecule has 0 spiro atoms. The molecule has 0 nitrogen and oxygen atoms in total. The summed E-state index contributed by atoms with van der Waals surface area (Å²) in [6.45, 7) is 0. The largest absolute Gasteiger partial charge is 0.0622 e. The Balaban J connectivity index is 1.09. The molecule has 0 bridgehead atoms. The van der Waals surface area contributed by atoms with Crippen molar-refractivity contribution in [2.45, 2.75) is 17.8 Å². The van der Waals surface area contributed by atoms with Crippen molar-refractivity contribution in [2.24, 2.45) is 0 Å². The molecule has 10 aromatic carbocycles. The van der Waals surface area contributed by atoms with Gasteiger partial charge in [-0.2, -0.15) is 0 Å². The molecular weight excluding hydrogens is 685 g/mol.